The molecule has 0 saturated carbocycles. The van der Waals surface area contributed by atoms with E-state index in [0.717, 1.165) is 6.42 Å². The van der Waals surface area contributed by atoms with Crippen LogP contribution < -0.4 is 4.74 Å². The lowest BCUT2D eigenvalue weighted by molar-refractivity contribution is 0.0688. The molecule has 0 spiro atoms. The Hall–Kier alpha value is -1.65. The van der Waals surface area contributed by atoms with E-state index >= 15 is 0 Å². The van der Waals surface area contributed by atoms with Gasteiger partial charge >= 0.3 is 5.97 Å². The maximum Gasteiger partial charge on any atom is 0.356 e. The fourth-order valence-corrected chi connectivity index (χ4v) is 0.786. The molecule has 1 N–H and O–H groups in total. The molecule has 5 heteroatoms. The molecular formula is C9H12N2O3. The fraction of sp³-hybridized carbons (Fsp3) is 0.444. The van der Waals surface area contributed by atoms with Crippen molar-refractivity contribution >= 4 is 5.97 Å². The molecule has 0 aliphatic heterocycles. The third kappa shape index (κ3) is 2.69. The molecule has 0 aliphatic rings. The zero-order valence-corrected chi connectivity index (χ0v) is 8.10. The van der Waals surface area contributed by atoms with Gasteiger partial charge in [0.25, 0.3) is 0 Å². The molecule has 1 aromatic heterocycles. The minimum absolute atomic E-state index is 0.0555. The first-order valence-corrected chi connectivity index (χ1v) is 4.37. The molecule has 0 saturated heterocycles. The molecule has 0 fully saturated rings. The number of carboxylic acid groups (broad SMARTS) is 1. The van der Waals surface area contributed by atoms with Crippen molar-refractivity contribution in [2.45, 2.75) is 26.4 Å². The molecule has 14 heavy (non-hydrogen) atoms. The molecule has 0 bridgehead atoms. The molecule has 1 unspecified atom stereocenters. The Balaban J connectivity index is 2.68. The van der Waals surface area contributed by atoms with E-state index in [2.05, 4.69) is 10.2 Å². The van der Waals surface area contributed by atoms with E-state index < -0.39 is 5.97 Å². The average molecular weight is 196 g/mol. The van der Waals surface area contributed by atoms with Gasteiger partial charge in [0.2, 0.25) is 5.88 Å². The molecule has 1 aromatic rings. The van der Waals surface area contributed by atoms with Crippen molar-refractivity contribution in [2.75, 3.05) is 0 Å². The number of nitrogens with zero attached hydrogens (tertiary/aromatic N) is 2. The monoisotopic (exact) mass is 196 g/mol. The number of rotatable bonds is 4. The number of carboxylic acids is 1. The molecule has 0 aromatic carbocycles. The zero-order valence-electron chi connectivity index (χ0n) is 8.10. The predicted molar refractivity (Wildman–Crippen MR) is 49.4 cm³/mol. The second kappa shape index (κ2) is 4.55. The SMILES string of the molecule is CCC(C)Oc1ccc(C(=O)O)nn1. The van der Waals surface area contributed by atoms with Gasteiger partial charge in [-0.15, -0.1) is 10.2 Å². The van der Waals surface area contributed by atoms with Crippen LogP contribution in [0.4, 0.5) is 0 Å². The minimum atomic E-state index is -1.09. The van der Waals surface area contributed by atoms with Gasteiger partial charge in [-0.25, -0.2) is 4.79 Å². The summed E-state index contributed by atoms with van der Waals surface area (Å²) in [7, 11) is 0. The number of carbonyl (C=O) groups is 1. The summed E-state index contributed by atoms with van der Waals surface area (Å²) in [4.78, 5) is 10.4. The van der Waals surface area contributed by atoms with Gasteiger partial charge in [-0.05, 0) is 19.4 Å². The molecule has 0 aliphatic carbocycles. The summed E-state index contributed by atoms with van der Waals surface area (Å²) in [5.74, 6) is -0.739. The van der Waals surface area contributed by atoms with E-state index in [4.69, 9.17) is 9.84 Å². The lowest BCUT2D eigenvalue weighted by Crippen LogP contribution is -2.12. The third-order valence-corrected chi connectivity index (χ3v) is 1.76. The van der Waals surface area contributed by atoms with E-state index in [0.29, 0.717) is 5.88 Å². The summed E-state index contributed by atoms with van der Waals surface area (Å²) in [6.07, 6.45) is 0.919. The number of aromatic nitrogens is 2. The maximum atomic E-state index is 10.4. The quantitative estimate of drug-likeness (QED) is 0.786. The van der Waals surface area contributed by atoms with Crippen molar-refractivity contribution < 1.29 is 14.6 Å². The first-order chi connectivity index (χ1) is 6.63. The highest BCUT2D eigenvalue weighted by Gasteiger charge is 2.07. The molecule has 0 radical (unpaired) electrons. The second-order valence-corrected chi connectivity index (χ2v) is 2.90. The first kappa shape index (κ1) is 10.4. The number of hydrogen-bond donors (Lipinski definition) is 1. The van der Waals surface area contributed by atoms with E-state index in [1.807, 2.05) is 13.8 Å². The Labute approximate surface area is 81.7 Å². The number of ether oxygens (including phenoxy) is 1. The summed E-state index contributed by atoms with van der Waals surface area (Å²) < 4.78 is 5.33. The van der Waals surface area contributed by atoms with Crippen LogP contribution in [0.3, 0.4) is 0 Å². The lowest BCUT2D eigenvalue weighted by Gasteiger charge is -2.10. The molecule has 1 atom stereocenters. The van der Waals surface area contributed by atoms with Crippen LogP contribution in [0, 0.1) is 0 Å². The summed E-state index contributed by atoms with van der Waals surface area (Å²) >= 11 is 0. The highest BCUT2D eigenvalue weighted by Crippen LogP contribution is 2.08. The predicted octanol–water partition coefficient (Wildman–Crippen LogP) is 1.35. The summed E-state index contributed by atoms with van der Waals surface area (Å²) in [6, 6.07) is 2.87. The van der Waals surface area contributed by atoms with E-state index in [1.165, 1.54) is 12.1 Å². The van der Waals surface area contributed by atoms with Crippen LogP contribution in [0.25, 0.3) is 0 Å². The van der Waals surface area contributed by atoms with Crippen molar-refractivity contribution in [3.63, 3.8) is 0 Å². The molecule has 76 valence electrons. The molecule has 1 heterocycles. The Morgan fingerprint density at radius 1 is 1.57 bits per heavy atom. The second-order valence-electron chi connectivity index (χ2n) is 2.90. The van der Waals surface area contributed by atoms with Crippen molar-refractivity contribution in [2.24, 2.45) is 0 Å². The van der Waals surface area contributed by atoms with E-state index in [-0.39, 0.29) is 11.8 Å². The van der Waals surface area contributed by atoms with Crippen molar-refractivity contribution in [1.82, 2.24) is 10.2 Å². The third-order valence-electron chi connectivity index (χ3n) is 1.76. The van der Waals surface area contributed by atoms with Gasteiger partial charge in [0, 0.05) is 6.07 Å². The Kier molecular flexibility index (Phi) is 3.39. The smallest absolute Gasteiger partial charge is 0.356 e. The largest absolute Gasteiger partial charge is 0.476 e. The van der Waals surface area contributed by atoms with Crippen LogP contribution in [-0.2, 0) is 0 Å². The molecular weight excluding hydrogens is 184 g/mol. The Morgan fingerprint density at radius 3 is 2.71 bits per heavy atom. The van der Waals surface area contributed by atoms with Crippen LogP contribution in [0.15, 0.2) is 12.1 Å². The van der Waals surface area contributed by atoms with Gasteiger partial charge in [0.05, 0.1) is 6.10 Å². The van der Waals surface area contributed by atoms with Gasteiger partial charge in [-0.1, -0.05) is 6.92 Å². The van der Waals surface area contributed by atoms with Crippen LogP contribution >= 0.6 is 0 Å². The highest BCUT2D eigenvalue weighted by molar-refractivity contribution is 5.84. The van der Waals surface area contributed by atoms with E-state index in [9.17, 15) is 4.79 Å². The Morgan fingerprint density at radius 2 is 2.29 bits per heavy atom. The fourth-order valence-electron chi connectivity index (χ4n) is 0.786. The maximum absolute atomic E-state index is 10.4. The minimum Gasteiger partial charge on any atom is -0.476 e. The van der Waals surface area contributed by atoms with Gasteiger partial charge in [0.15, 0.2) is 5.69 Å². The summed E-state index contributed by atoms with van der Waals surface area (Å²) in [6.45, 7) is 3.90. The number of hydrogen-bond acceptors (Lipinski definition) is 4. The topological polar surface area (TPSA) is 72.3 Å². The summed E-state index contributed by atoms with van der Waals surface area (Å²) in [5, 5.41) is 15.7. The standard InChI is InChI=1S/C9H12N2O3/c1-3-6(2)14-8-5-4-7(9(12)13)10-11-8/h4-6H,3H2,1-2H3,(H,12,13). The highest BCUT2D eigenvalue weighted by atomic mass is 16.5. The lowest BCUT2D eigenvalue weighted by atomic mass is 10.3. The van der Waals surface area contributed by atoms with Gasteiger partial charge in [-0.3, -0.25) is 0 Å². The van der Waals surface area contributed by atoms with Crippen molar-refractivity contribution in [3.05, 3.63) is 17.8 Å². The molecule has 0 amide bonds. The van der Waals surface area contributed by atoms with Gasteiger partial charge in [0.1, 0.15) is 0 Å². The van der Waals surface area contributed by atoms with Gasteiger partial charge in [-0.2, -0.15) is 0 Å². The zero-order chi connectivity index (χ0) is 10.6. The molecule has 1 rings (SSSR count). The first-order valence-electron chi connectivity index (χ1n) is 4.37. The summed E-state index contributed by atoms with van der Waals surface area (Å²) in [5.41, 5.74) is -0.0819. The Bertz CT molecular complexity index is 310. The van der Waals surface area contributed by atoms with E-state index in [1.54, 1.807) is 0 Å². The molecule has 5 nitrogen and oxygen atoms in total. The van der Waals surface area contributed by atoms with Gasteiger partial charge < -0.3 is 9.84 Å². The van der Waals surface area contributed by atoms with Crippen LogP contribution in [0.1, 0.15) is 30.8 Å². The van der Waals surface area contributed by atoms with Crippen molar-refractivity contribution in [3.8, 4) is 5.88 Å². The normalized spacial score (nSPS) is 12.1. The van der Waals surface area contributed by atoms with Crippen LogP contribution in [0.2, 0.25) is 0 Å². The average Bonchev–Trinajstić information content (AvgIpc) is 2.18. The van der Waals surface area contributed by atoms with Crippen LogP contribution in [-0.4, -0.2) is 27.4 Å². The van der Waals surface area contributed by atoms with Crippen molar-refractivity contribution in [1.29, 1.82) is 0 Å². The number of aromatic carboxylic acids is 1. The van der Waals surface area contributed by atoms with Crippen LogP contribution in [0.5, 0.6) is 5.88 Å².